The number of unbranched alkanes of at least 4 members (excludes halogenated alkanes) is 2. The lowest BCUT2D eigenvalue weighted by Gasteiger charge is -2.25. The Morgan fingerprint density at radius 1 is 1.05 bits per heavy atom. The third-order valence-electron chi connectivity index (χ3n) is 7.20. The molecule has 5 rings (SSSR count). The molecule has 1 saturated heterocycles. The lowest BCUT2D eigenvalue weighted by atomic mass is 9.88. The van der Waals surface area contributed by atoms with Crippen LogP contribution in [0.5, 0.6) is 5.88 Å². The molecule has 1 N–H and O–H groups in total. The van der Waals surface area contributed by atoms with Gasteiger partial charge in [-0.15, -0.1) is 0 Å². The van der Waals surface area contributed by atoms with Crippen LogP contribution in [-0.2, 0) is 9.53 Å². The lowest BCUT2D eigenvalue weighted by Crippen LogP contribution is -2.39. The number of benzene rings is 2. The summed E-state index contributed by atoms with van der Waals surface area (Å²) in [6.45, 7) is 5.20. The Hall–Kier alpha value is -4.30. The Morgan fingerprint density at radius 3 is 2.61 bits per heavy atom. The second kappa shape index (κ2) is 13.9. The minimum atomic E-state index is -0.444. The molecule has 41 heavy (non-hydrogen) atoms. The molecule has 0 aliphatic carbocycles. The van der Waals surface area contributed by atoms with Crippen molar-refractivity contribution in [2.75, 3.05) is 32.9 Å². The summed E-state index contributed by atoms with van der Waals surface area (Å²) < 4.78 is 25.6. The van der Waals surface area contributed by atoms with Crippen LogP contribution in [0.1, 0.15) is 49.3 Å². The van der Waals surface area contributed by atoms with Crippen molar-refractivity contribution in [2.24, 2.45) is 0 Å². The summed E-state index contributed by atoms with van der Waals surface area (Å²) in [6.07, 6.45) is 8.80. The largest absolute Gasteiger partial charge is 0.478 e. The predicted molar refractivity (Wildman–Crippen MR) is 159 cm³/mol. The van der Waals surface area contributed by atoms with Gasteiger partial charge < -0.3 is 14.4 Å². The maximum atomic E-state index is 14.4. The molecule has 1 amide bonds. The number of rotatable bonds is 11. The molecule has 2 aromatic heterocycles. The summed E-state index contributed by atoms with van der Waals surface area (Å²) in [7, 11) is 0. The summed E-state index contributed by atoms with van der Waals surface area (Å²) in [5, 5.41) is 6.92. The highest BCUT2D eigenvalue weighted by molar-refractivity contribution is 6.00. The molecule has 1 fully saturated rings. The maximum Gasteiger partial charge on any atom is 0.246 e. The number of allylic oxidation sites excluding steroid dienone is 2. The van der Waals surface area contributed by atoms with Gasteiger partial charge in [-0.05, 0) is 72.2 Å². The van der Waals surface area contributed by atoms with E-state index in [-0.39, 0.29) is 5.91 Å². The van der Waals surface area contributed by atoms with Crippen molar-refractivity contribution in [3.8, 4) is 5.88 Å². The summed E-state index contributed by atoms with van der Waals surface area (Å²) in [5.74, 6) is 0.163. The first-order valence-electron chi connectivity index (χ1n) is 14.2. The van der Waals surface area contributed by atoms with Crippen LogP contribution in [0.15, 0.2) is 79.0 Å². The minimum Gasteiger partial charge on any atom is -0.478 e. The van der Waals surface area contributed by atoms with Gasteiger partial charge in [0.1, 0.15) is 0 Å². The van der Waals surface area contributed by atoms with E-state index in [0.717, 1.165) is 53.5 Å². The number of fused-ring (bicyclic) bond motifs is 1. The molecule has 8 heteroatoms. The SMILES string of the molecule is CC/C(=C(/c1ccc(OCCCC/C=C/C(=O)N2CCOCC2)nc1)c1ccc2n[nH]c(F)c2c1)c1ccccc1. The average Bonchev–Trinajstić information content (AvgIpc) is 3.40. The number of aromatic nitrogens is 3. The third-order valence-corrected chi connectivity index (χ3v) is 7.20. The van der Waals surface area contributed by atoms with Crippen LogP contribution in [0.3, 0.4) is 0 Å². The quantitative estimate of drug-likeness (QED) is 0.131. The molecule has 0 radical (unpaired) electrons. The molecule has 0 atom stereocenters. The van der Waals surface area contributed by atoms with Gasteiger partial charge in [0.25, 0.3) is 0 Å². The fourth-order valence-electron chi connectivity index (χ4n) is 5.04. The number of hydrogen-bond acceptors (Lipinski definition) is 5. The van der Waals surface area contributed by atoms with Crippen molar-refractivity contribution >= 4 is 28.0 Å². The Labute approximate surface area is 239 Å². The molecule has 4 aromatic rings. The fraction of sp³-hybridized carbons (Fsp3) is 0.303. The second-order valence-corrected chi connectivity index (χ2v) is 9.91. The van der Waals surface area contributed by atoms with Gasteiger partial charge in [0, 0.05) is 30.9 Å². The van der Waals surface area contributed by atoms with Gasteiger partial charge in [-0.25, -0.2) is 4.98 Å². The molecule has 0 bridgehead atoms. The van der Waals surface area contributed by atoms with Crippen LogP contribution in [0, 0.1) is 5.95 Å². The molecular weight excluding hydrogens is 519 g/mol. The standard InChI is InChI=1S/C33H35FN4O3/c1-2-27(24-10-6-5-7-11-24)32(25-13-15-29-28(22-25)33(34)37-36-29)26-14-16-30(35-23-26)41-19-9-4-3-8-12-31(39)38-17-20-40-21-18-38/h5-8,10-16,22-23H,2-4,9,17-21H2,1H3,(H,36,37)/b12-8+,32-27-. The fourth-order valence-corrected chi connectivity index (χ4v) is 5.04. The zero-order chi connectivity index (χ0) is 28.4. The molecule has 3 heterocycles. The van der Waals surface area contributed by atoms with Gasteiger partial charge in [0.05, 0.1) is 30.7 Å². The number of ether oxygens (including phenoxy) is 2. The molecular formula is C33H35FN4O3. The molecule has 0 spiro atoms. The van der Waals surface area contributed by atoms with Crippen LogP contribution >= 0.6 is 0 Å². The molecule has 212 valence electrons. The van der Waals surface area contributed by atoms with Crippen LogP contribution < -0.4 is 4.74 Å². The number of halogens is 1. The van der Waals surface area contributed by atoms with Gasteiger partial charge >= 0.3 is 0 Å². The van der Waals surface area contributed by atoms with Crippen LogP contribution in [-0.4, -0.2) is 58.9 Å². The number of carbonyl (C=O) groups is 1. The number of carbonyl (C=O) groups excluding carboxylic acids is 1. The highest BCUT2D eigenvalue weighted by Crippen LogP contribution is 2.35. The van der Waals surface area contributed by atoms with E-state index in [4.69, 9.17) is 9.47 Å². The van der Waals surface area contributed by atoms with Gasteiger partial charge in [-0.1, -0.05) is 49.4 Å². The van der Waals surface area contributed by atoms with Gasteiger partial charge in [0.2, 0.25) is 17.7 Å². The second-order valence-electron chi connectivity index (χ2n) is 9.91. The van der Waals surface area contributed by atoms with Crippen molar-refractivity contribution in [2.45, 2.75) is 32.6 Å². The van der Waals surface area contributed by atoms with E-state index in [1.807, 2.05) is 65.7 Å². The van der Waals surface area contributed by atoms with E-state index in [2.05, 4.69) is 34.2 Å². The first-order valence-corrected chi connectivity index (χ1v) is 14.2. The zero-order valence-electron chi connectivity index (χ0n) is 23.3. The topological polar surface area (TPSA) is 80.3 Å². The number of nitrogens with one attached hydrogen (secondary N) is 1. The number of aromatic amines is 1. The molecule has 1 aliphatic rings. The van der Waals surface area contributed by atoms with Gasteiger partial charge in [0.15, 0.2) is 0 Å². The maximum absolute atomic E-state index is 14.4. The number of amides is 1. The molecule has 0 unspecified atom stereocenters. The monoisotopic (exact) mass is 554 g/mol. The van der Waals surface area contributed by atoms with E-state index in [9.17, 15) is 9.18 Å². The van der Waals surface area contributed by atoms with Crippen molar-refractivity contribution in [3.05, 3.63) is 102 Å². The number of pyridine rings is 1. The highest BCUT2D eigenvalue weighted by atomic mass is 19.1. The average molecular weight is 555 g/mol. The van der Waals surface area contributed by atoms with E-state index >= 15 is 0 Å². The zero-order valence-corrected chi connectivity index (χ0v) is 23.3. The molecule has 2 aromatic carbocycles. The number of hydrogen-bond donors (Lipinski definition) is 1. The van der Waals surface area contributed by atoms with Crippen molar-refractivity contribution in [1.29, 1.82) is 0 Å². The Morgan fingerprint density at radius 2 is 1.85 bits per heavy atom. The van der Waals surface area contributed by atoms with Crippen LogP contribution in [0.2, 0.25) is 0 Å². The summed E-state index contributed by atoms with van der Waals surface area (Å²) in [5.41, 5.74) is 5.66. The Balaban J connectivity index is 1.25. The van der Waals surface area contributed by atoms with Gasteiger partial charge in [-0.3, -0.25) is 9.89 Å². The normalized spacial score (nSPS) is 14.4. The van der Waals surface area contributed by atoms with E-state index in [1.165, 1.54) is 0 Å². The highest BCUT2D eigenvalue weighted by Gasteiger charge is 2.16. The summed E-state index contributed by atoms with van der Waals surface area (Å²) in [4.78, 5) is 18.6. The van der Waals surface area contributed by atoms with Crippen LogP contribution in [0.25, 0.3) is 22.0 Å². The minimum absolute atomic E-state index is 0.0515. The molecule has 7 nitrogen and oxygen atoms in total. The van der Waals surface area contributed by atoms with E-state index < -0.39 is 5.95 Å². The number of morpholine rings is 1. The first-order chi connectivity index (χ1) is 20.1. The van der Waals surface area contributed by atoms with Crippen molar-refractivity contribution < 1.29 is 18.7 Å². The van der Waals surface area contributed by atoms with E-state index in [0.29, 0.717) is 49.7 Å². The molecule has 0 saturated carbocycles. The predicted octanol–water partition coefficient (Wildman–Crippen LogP) is 6.43. The smallest absolute Gasteiger partial charge is 0.246 e. The number of H-pyrrole nitrogens is 1. The summed E-state index contributed by atoms with van der Waals surface area (Å²) >= 11 is 0. The Bertz CT molecular complexity index is 1510. The van der Waals surface area contributed by atoms with Crippen molar-refractivity contribution in [3.63, 3.8) is 0 Å². The summed E-state index contributed by atoms with van der Waals surface area (Å²) in [6, 6.07) is 19.8. The van der Waals surface area contributed by atoms with Gasteiger partial charge in [-0.2, -0.15) is 9.49 Å². The lowest BCUT2D eigenvalue weighted by molar-refractivity contribution is -0.129. The third kappa shape index (κ3) is 7.08. The van der Waals surface area contributed by atoms with Crippen LogP contribution in [0.4, 0.5) is 4.39 Å². The Kier molecular flexibility index (Phi) is 9.54. The van der Waals surface area contributed by atoms with E-state index in [1.54, 1.807) is 6.08 Å². The number of nitrogens with zero attached hydrogens (tertiary/aromatic N) is 3. The van der Waals surface area contributed by atoms with Crippen molar-refractivity contribution in [1.82, 2.24) is 20.1 Å². The molecule has 1 aliphatic heterocycles. The first kappa shape index (κ1) is 28.2.